The second kappa shape index (κ2) is 8.31. The van der Waals surface area contributed by atoms with Gasteiger partial charge in [0.1, 0.15) is 24.0 Å². The van der Waals surface area contributed by atoms with Gasteiger partial charge in [0.15, 0.2) is 0 Å². The number of hydrogen-bond acceptors (Lipinski definition) is 4. The second-order valence-corrected chi connectivity index (χ2v) is 5.11. The maximum Gasteiger partial charge on any atom is 0.335 e. The molecule has 2 rings (SSSR count). The van der Waals surface area contributed by atoms with Gasteiger partial charge in [0.25, 0.3) is 5.91 Å². The Kier molecular flexibility index (Phi) is 5.91. The number of rotatable bonds is 6. The Morgan fingerprint density at radius 2 is 1.96 bits per heavy atom. The number of benzene rings is 2. The molecule has 2 N–H and O–H groups in total. The normalized spacial score (nSPS) is 10.6. The number of ether oxygens (including phenoxy) is 1. The monoisotopic (exact) mass is 336 g/mol. The molecule has 0 aliphatic carbocycles. The van der Waals surface area contributed by atoms with E-state index < -0.39 is 11.9 Å². The summed E-state index contributed by atoms with van der Waals surface area (Å²) in [4.78, 5) is 22.4. The summed E-state index contributed by atoms with van der Waals surface area (Å²) in [5, 5.41) is 20.3. The van der Waals surface area contributed by atoms with Gasteiger partial charge in [-0.05, 0) is 41.5 Å². The van der Waals surface area contributed by atoms with Crippen molar-refractivity contribution < 1.29 is 19.4 Å². The van der Waals surface area contributed by atoms with Crippen LogP contribution in [0.15, 0.2) is 54.1 Å². The van der Waals surface area contributed by atoms with Crippen LogP contribution < -0.4 is 10.1 Å². The van der Waals surface area contributed by atoms with Crippen LogP contribution in [0.5, 0.6) is 5.75 Å². The summed E-state index contributed by atoms with van der Waals surface area (Å²) in [5.74, 6) is -0.833. The molecule has 2 aromatic rings. The number of carbonyl (C=O) groups is 2. The fourth-order valence-corrected chi connectivity index (χ4v) is 2.07. The van der Waals surface area contributed by atoms with Crippen molar-refractivity contribution in [2.75, 3.05) is 7.05 Å². The summed E-state index contributed by atoms with van der Waals surface area (Å²) >= 11 is 0. The van der Waals surface area contributed by atoms with Crippen LogP contribution in [0.4, 0.5) is 0 Å². The lowest BCUT2D eigenvalue weighted by Crippen LogP contribution is -2.19. The van der Waals surface area contributed by atoms with Gasteiger partial charge in [0.2, 0.25) is 0 Å². The minimum Gasteiger partial charge on any atom is -0.489 e. The van der Waals surface area contributed by atoms with Crippen molar-refractivity contribution in [1.82, 2.24) is 5.32 Å². The van der Waals surface area contributed by atoms with Crippen LogP contribution in [-0.2, 0) is 11.4 Å². The van der Waals surface area contributed by atoms with Crippen LogP contribution in [0, 0.1) is 11.3 Å². The summed E-state index contributed by atoms with van der Waals surface area (Å²) in [6, 6.07) is 15.3. The average Bonchev–Trinajstić information content (AvgIpc) is 2.65. The number of nitrogens with one attached hydrogen (secondary N) is 1. The first-order chi connectivity index (χ1) is 12.0. The van der Waals surface area contributed by atoms with Gasteiger partial charge >= 0.3 is 5.97 Å². The van der Waals surface area contributed by atoms with Crippen LogP contribution >= 0.6 is 0 Å². The molecule has 0 unspecified atom stereocenters. The highest BCUT2D eigenvalue weighted by Crippen LogP contribution is 2.16. The smallest absolute Gasteiger partial charge is 0.335 e. The van der Waals surface area contributed by atoms with Crippen molar-refractivity contribution in [3.05, 3.63) is 70.8 Å². The molecule has 0 saturated heterocycles. The van der Waals surface area contributed by atoms with E-state index in [1.807, 2.05) is 6.07 Å². The fourth-order valence-electron chi connectivity index (χ4n) is 2.07. The van der Waals surface area contributed by atoms with Crippen LogP contribution in [0.2, 0.25) is 0 Å². The van der Waals surface area contributed by atoms with E-state index in [1.54, 1.807) is 42.5 Å². The number of hydrogen-bond donors (Lipinski definition) is 2. The maximum atomic E-state index is 11.5. The Hall–Kier alpha value is -3.59. The molecule has 6 nitrogen and oxygen atoms in total. The molecule has 1 amide bonds. The Labute approximate surface area is 145 Å². The van der Waals surface area contributed by atoms with Gasteiger partial charge in [-0.15, -0.1) is 0 Å². The second-order valence-electron chi connectivity index (χ2n) is 5.11. The molecule has 0 radical (unpaired) electrons. The molecule has 0 bridgehead atoms. The van der Waals surface area contributed by atoms with Crippen LogP contribution in [0.1, 0.15) is 21.5 Å². The number of likely N-dealkylation sites (N-methyl/N-ethyl adjacent to an activating group) is 1. The van der Waals surface area contributed by atoms with Gasteiger partial charge in [-0.3, -0.25) is 4.79 Å². The third-order valence-corrected chi connectivity index (χ3v) is 3.36. The van der Waals surface area contributed by atoms with E-state index in [-0.39, 0.29) is 17.7 Å². The fraction of sp³-hybridized carbons (Fsp3) is 0.105. The highest BCUT2D eigenvalue weighted by molar-refractivity contribution is 6.01. The predicted molar refractivity (Wildman–Crippen MR) is 91.8 cm³/mol. The minimum atomic E-state index is -0.984. The first-order valence-corrected chi connectivity index (χ1v) is 7.42. The van der Waals surface area contributed by atoms with E-state index >= 15 is 0 Å². The topological polar surface area (TPSA) is 99.4 Å². The third kappa shape index (κ3) is 4.94. The van der Waals surface area contributed by atoms with Gasteiger partial charge in [0.05, 0.1) is 5.56 Å². The Balaban J connectivity index is 2.05. The van der Waals surface area contributed by atoms with E-state index in [4.69, 9.17) is 15.1 Å². The molecule has 0 aliphatic rings. The Morgan fingerprint density at radius 1 is 1.24 bits per heavy atom. The van der Waals surface area contributed by atoms with E-state index in [0.29, 0.717) is 11.3 Å². The first kappa shape index (κ1) is 17.8. The number of nitriles is 1. The van der Waals surface area contributed by atoms with Crippen molar-refractivity contribution in [2.45, 2.75) is 6.61 Å². The van der Waals surface area contributed by atoms with E-state index in [0.717, 1.165) is 5.56 Å². The highest BCUT2D eigenvalue weighted by atomic mass is 16.5. The summed E-state index contributed by atoms with van der Waals surface area (Å²) in [6.07, 6.45) is 1.49. The molecule has 126 valence electrons. The molecular weight excluding hydrogens is 320 g/mol. The molecule has 0 aliphatic heterocycles. The molecule has 6 heteroatoms. The Bertz CT molecular complexity index is 848. The highest BCUT2D eigenvalue weighted by Gasteiger charge is 2.06. The van der Waals surface area contributed by atoms with Crippen molar-refractivity contribution in [3.63, 3.8) is 0 Å². The minimum absolute atomic E-state index is 0.0154. The predicted octanol–water partition coefficient (Wildman–Crippen LogP) is 2.62. The lowest BCUT2D eigenvalue weighted by Gasteiger charge is -2.07. The first-order valence-electron chi connectivity index (χ1n) is 7.42. The zero-order chi connectivity index (χ0) is 18.2. The van der Waals surface area contributed by atoms with Crippen LogP contribution in [0.3, 0.4) is 0 Å². The zero-order valence-electron chi connectivity index (χ0n) is 13.5. The number of amides is 1. The summed E-state index contributed by atoms with van der Waals surface area (Å²) in [7, 11) is 1.46. The van der Waals surface area contributed by atoms with Gasteiger partial charge in [-0.1, -0.05) is 24.3 Å². The number of carbonyl (C=O) groups excluding carboxylic acids is 1. The van der Waals surface area contributed by atoms with Gasteiger partial charge in [-0.25, -0.2) is 4.79 Å². The molecule has 2 aromatic carbocycles. The number of nitrogens with zero attached hydrogens (tertiary/aromatic N) is 1. The van der Waals surface area contributed by atoms with Crippen molar-refractivity contribution >= 4 is 18.0 Å². The number of carboxylic acid groups (broad SMARTS) is 1. The van der Waals surface area contributed by atoms with Gasteiger partial charge in [-0.2, -0.15) is 5.26 Å². The van der Waals surface area contributed by atoms with E-state index in [9.17, 15) is 9.59 Å². The van der Waals surface area contributed by atoms with E-state index in [2.05, 4.69) is 5.32 Å². The zero-order valence-corrected chi connectivity index (χ0v) is 13.5. The van der Waals surface area contributed by atoms with Crippen LogP contribution in [0.25, 0.3) is 6.08 Å². The molecule has 0 atom stereocenters. The Morgan fingerprint density at radius 3 is 2.56 bits per heavy atom. The third-order valence-electron chi connectivity index (χ3n) is 3.36. The van der Waals surface area contributed by atoms with Crippen LogP contribution in [-0.4, -0.2) is 24.0 Å². The number of aromatic carboxylic acids is 1. The lowest BCUT2D eigenvalue weighted by molar-refractivity contribution is -0.116. The summed E-state index contributed by atoms with van der Waals surface area (Å²) < 4.78 is 5.62. The standard InChI is InChI=1S/C19H16N2O4/c1-21-18(22)16(11-20)9-13-5-7-17(8-6-13)25-12-14-3-2-4-15(10-14)19(23)24/h2-10H,12H2,1H3,(H,21,22)(H,23,24). The molecule has 0 heterocycles. The lowest BCUT2D eigenvalue weighted by atomic mass is 10.1. The summed E-state index contributed by atoms with van der Waals surface area (Å²) in [5.41, 5.74) is 1.66. The van der Waals surface area contributed by atoms with Crippen molar-refractivity contribution in [3.8, 4) is 11.8 Å². The van der Waals surface area contributed by atoms with E-state index in [1.165, 1.54) is 19.2 Å². The maximum absolute atomic E-state index is 11.5. The largest absolute Gasteiger partial charge is 0.489 e. The SMILES string of the molecule is CNC(=O)C(C#N)=Cc1ccc(OCc2cccc(C(=O)O)c2)cc1. The number of carboxylic acids is 1. The van der Waals surface area contributed by atoms with Gasteiger partial charge < -0.3 is 15.2 Å². The van der Waals surface area contributed by atoms with Gasteiger partial charge in [0, 0.05) is 7.05 Å². The summed E-state index contributed by atoms with van der Waals surface area (Å²) in [6.45, 7) is 0.234. The quantitative estimate of drug-likeness (QED) is 0.624. The molecule has 0 fully saturated rings. The average molecular weight is 336 g/mol. The molecule has 0 spiro atoms. The molecule has 25 heavy (non-hydrogen) atoms. The molecular formula is C19H16N2O4. The van der Waals surface area contributed by atoms with Crippen molar-refractivity contribution in [1.29, 1.82) is 5.26 Å². The van der Waals surface area contributed by atoms with Crippen molar-refractivity contribution in [2.24, 2.45) is 0 Å². The molecule has 0 aromatic heterocycles. The molecule has 0 saturated carbocycles.